The summed E-state index contributed by atoms with van der Waals surface area (Å²) < 4.78 is 0. The number of nitrogens with one attached hydrogen (secondary N) is 2. The van der Waals surface area contributed by atoms with Crippen molar-refractivity contribution >= 4 is 28.8 Å². The molecule has 4 nitrogen and oxygen atoms in total. The number of likely N-dealkylation sites (N-methyl/N-ethyl adjacent to an activating group) is 1. The second-order valence-electron chi connectivity index (χ2n) is 4.15. The van der Waals surface area contributed by atoms with Gasteiger partial charge in [0.1, 0.15) is 11.0 Å². The van der Waals surface area contributed by atoms with Crippen LogP contribution >= 0.6 is 12.2 Å². The minimum atomic E-state index is -0.278. The number of hydrogen-bond donors (Lipinski definition) is 3. The second-order valence-corrected chi connectivity index (χ2v) is 4.59. The van der Waals surface area contributed by atoms with Crippen molar-refractivity contribution in [2.24, 2.45) is 5.73 Å². The summed E-state index contributed by atoms with van der Waals surface area (Å²) in [5.74, 6) is -0.0198. The number of carbonyl (C=O) groups is 1. The third-order valence-electron chi connectivity index (χ3n) is 2.62. The van der Waals surface area contributed by atoms with E-state index in [4.69, 9.17) is 18.0 Å². The number of rotatable bonds is 5. The van der Waals surface area contributed by atoms with Gasteiger partial charge in [-0.15, -0.1) is 0 Å². The van der Waals surface area contributed by atoms with Gasteiger partial charge in [-0.3, -0.25) is 4.79 Å². The molecule has 0 saturated heterocycles. The standard InChI is InChI=1S/C13H19N3OS/c1-4-15-13(17)9(3)16-10-5-6-11(12(14)18)8(2)7-10/h5-7,9,16H,4H2,1-3H3,(H2,14,18)(H,15,17). The molecule has 0 aromatic heterocycles. The van der Waals surface area contributed by atoms with Gasteiger partial charge in [-0.1, -0.05) is 12.2 Å². The lowest BCUT2D eigenvalue weighted by atomic mass is 10.1. The van der Waals surface area contributed by atoms with Gasteiger partial charge >= 0.3 is 0 Å². The van der Waals surface area contributed by atoms with E-state index in [1.54, 1.807) is 0 Å². The Morgan fingerprint density at radius 2 is 2.17 bits per heavy atom. The van der Waals surface area contributed by atoms with Crippen LogP contribution in [0.5, 0.6) is 0 Å². The Labute approximate surface area is 113 Å². The van der Waals surface area contributed by atoms with Crippen LogP contribution in [-0.4, -0.2) is 23.5 Å². The van der Waals surface area contributed by atoms with Crippen molar-refractivity contribution < 1.29 is 4.79 Å². The first kappa shape index (κ1) is 14.4. The molecular formula is C13H19N3OS. The van der Waals surface area contributed by atoms with Crippen LogP contribution in [0.3, 0.4) is 0 Å². The Hall–Kier alpha value is -1.62. The average Bonchev–Trinajstić information content (AvgIpc) is 2.28. The van der Waals surface area contributed by atoms with Crippen LogP contribution in [0.15, 0.2) is 18.2 Å². The molecule has 1 aromatic rings. The van der Waals surface area contributed by atoms with E-state index >= 15 is 0 Å². The molecule has 4 N–H and O–H groups in total. The number of carbonyl (C=O) groups excluding carboxylic acids is 1. The molecule has 18 heavy (non-hydrogen) atoms. The van der Waals surface area contributed by atoms with E-state index in [0.29, 0.717) is 11.5 Å². The summed E-state index contributed by atoms with van der Waals surface area (Å²) in [6.07, 6.45) is 0. The summed E-state index contributed by atoms with van der Waals surface area (Å²) >= 11 is 4.95. The Kier molecular flexibility index (Phi) is 5.09. The smallest absolute Gasteiger partial charge is 0.242 e. The second kappa shape index (κ2) is 6.35. The molecule has 0 aliphatic rings. The highest BCUT2D eigenvalue weighted by atomic mass is 32.1. The van der Waals surface area contributed by atoms with Crippen LogP contribution < -0.4 is 16.4 Å². The van der Waals surface area contributed by atoms with Gasteiger partial charge in [0.05, 0.1) is 0 Å². The number of benzene rings is 1. The number of amides is 1. The Morgan fingerprint density at radius 3 is 2.67 bits per heavy atom. The number of thiocarbonyl (C=S) groups is 1. The van der Waals surface area contributed by atoms with E-state index in [9.17, 15) is 4.79 Å². The van der Waals surface area contributed by atoms with Crippen molar-refractivity contribution in [3.8, 4) is 0 Å². The first-order valence-electron chi connectivity index (χ1n) is 5.90. The molecule has 1 rings (SSSR count). The fraction of sp³-hybridized carbons (Fsp3) is 0.385. The molecule has 0 aliphatic carbocycles. The van der Waals surface area contributed by atoms with Crippen molar-refractivity contribution in [2.75, 3.05) is 11.9 Å². The lowest BCUT2D eigenvalue weighted by Crippen LogP contribution is -2.37. The van der Waals surface area contributed by atoms with Crippen LogP contribution in [0.1, 0.15) is 25.0 Å². The lowest BCUT2D eigenvalue weighted by molar-refractivity contribution is -0.121. The molecular weight excluding hydrogens is 246 g/mol. The maximum absolute atomic E-state index is 11.6. The van der Waals surface area contributed by atoms with Gasteiger partial charge in [-0.25, -0.2) is 0 Å². The van der Waals surface area contributed by atoms with E-state index in [1.807, 2.05) is 39.0 Å². The monoisotopic (exact) mass is 265 g/mol. The average molecular weight is 265 g/mol. The van der Waals surface area contributed by atoms with Gasteiger partial charge in [0.25, 0.3) is 0 Å². The van der Waals surface area contributed by atoms with Gasteiger partial charge < -0.3 is 16.4 Å². The topological polar surface area (TPSA) is 67.2 Å². The SMILES string of the molecule is CCNC(=O)C(C)Nc1ccc(C(N)=S)c(C)c1. The lowest BCUT2D eigenvalue weighted by Gasteiger charge is -2.15. The van der Waals surface area contributed by atoms with Gasteiger partial charge in [0.2, 0.25) is 5.91 Å². The largest absolute Gasteiger partial charge is 0.389 e. The van der Waals surface area contributed by atoms with Crippen molar-refractivity contribution in [3.05, 3.63) is 29.3 Å². The third kappa shape index (κ3) is 3.70. The molecule has 98 valence electrons. The predicted molar refractivity (Wildman–Crippen MR) is 78.8 cm³/mol. The van der Waals surface area contributed by atoms with E-state index in [2.05, 4.69) is 10.6 Å². The zero-order valence-corrected chi connectivity index (χ0v) is 11.7. The van der Waals surface area contributed by atoms with Gasteiger partial charge in [0.15, 0.2) is 0 Å². The minimum Gasteiger partial charge on any atom is -0.389 e. The zero-order chi connectivity index (χ0) is 13.7. The van der Waals surface area contributed by atoms with Gasteiger partial charge in [-0.2, -0.15) is 0 Å². The summed E-state index contributed by atoms with van der Waals surface area (Å²) in [6, 6.07) is 5.39. The minimum absolute atomic E-state index is 0.0198. The number of nitrogens with two attached hydrogens (primary N) is 1. The first-order valence-corrected chi connectivity index (χ1v) is 6.31. The number of hydrogen-bond acceptors (Lipinski definition) is 3. The molecule has 0 heterocycles. The van der Waals surface area contributed by atoms with Gasteiger partial charge in [0, 0.05) is 17.8 Å². The molecule has 0 fully saturated rings. The van der Waals surface area contributed by atoms with Crippen LogP contribution in [0.4, 0.5) is 5.69 Å². The van der Waals surface area contributed by atoms with Crippen LogP contribution in [0.2, 0.25) is 0 Å². The van der Waals surface area contributed by atoms with E-state index < -0.39 is 0 Å². The van der Waals surface area contributed by atoms with Crippen molar-refractivity contribution in [1.82, 2.24) is 5.32 Å². The third-order valence-corrected chi connectivity index (χ3v) is 2.84. The molecule has 1 aromatic carbocycles. The van der Waals surface area contributed by atoms with Crippen LogP contribution in [0, 0.1) is 6.92 Å². The van der Waals surface area contributed by atoms with Crippen molar-refractivity contribution in [1.29, 1.82) is 0 Å². The van der Waals surface area contributed by atoms with E-state index in [-0.39, 0.29) is 11.9 Å². The molecule has 0 radical (unpaired) electrons. The maximum atomic E-state index is 11.6. The normalized spacial score (nSPS) is 11.7. The fourth-order valence-corrected chi connectivity index (χ4v) is 1.90. The van der Waals surface area contributed by atoms with Crippen molar-refractivity contribution in [3.63, 3.8) is 0 Å². The fourth-order valence-electron chi connectivity index (χ4n) is 1.67. The summed E-state index contributed by atoms with van der Waals surface area (Å²) in [5.41, 5.74) is 8.34. The maximum Gasteiger partial charge on any atom is 0.242 e. The quantitative estimate of drug-likeness (QED) is 0.707. The number of anilines is 1. The molecule has 1 unspecified atom stereocenters. The van der Waals surface area contributed by atoms with E-state index in [0.717, 1.165) is 16.8 Å². The summed E-state index contributed by atoms with van der Waals surface area (Å²) in [5, 5.41) is 5.90. The summed E-state index contributed by atoms with van der Waals surface area (Å²) in [4.78, 5) is 12.0. The molecule has 1 atom stereocenters. The number of aryl methyl sites for hydroxylation is 1. The van der Waals surface area contributed by atoms with E-state index in [1.165, 1.54) is 0 Å². The molecule has 0 aliphatic heterocycles. The highest BCUT2D eigenvalue weighted by molar-refractivity contribution is 7.80. The molecule has 0 saturated carbocycles. The predicted octanol–water partition coefficient (Wildman–Crippen LogP) is 1.57. The Balaban J connectivity index is 2.77. The van der Waals surface area contributed by atoms with Crippen LogP contribution in [-0.2, 0) is 4.79 Å². The summed E-state index contributed by atoms with van der Waals surface area (Å²) in [6.45, 7) is 6.29. The molecule has 0 bridgehead atoms. The summed E-state index contributed by atoms with van der Waals surface area (Å²) in [7, 11) is 0. The molecule has 5 heteroatoms. The highest BCUT2D eigenvalue weighted by Crippen LogP contribution is 2.16. The highest BCUT2D eigenvalue weighted by Gasteiger charge is 2.11. The molecule has 1 amide bonds. The van der Waals surface area contributed by atoms with Gasteiger partial charge in [-0.05, 0) is 44.5 Å². The Bertz CT molecular complexity index is 460. The first-order chi connectivity index (χ1) is 8.45. The van der Waals surface area contributed by atoms with Crippen LogP contribution in [0.25, 0.3) is 0 Å². The molecule has 0 spiro atoms. The Morgan fingerprint density at radius 1 is 1.50 bits per heavy atom. The zero-order valence-electron chi connectivity index (χ0n) is 10.9. The van der Waals surface area contributed by atoms with Crippen molar-refractivity contribution in [2.45, 2.75) is 26.8 Å².